The number of hydrazine groups is 1. The fourth-order valence-electron chi connectivity index (χ4n) is 0.752. The van der Waals surface area contributed by atoms with Gasteiger partial charge in [-0.2, -0.15) is 0 Å². The Morgan fingerprint density at radius 2 is 2.00 bits per heavy atom. The first-order valence-electron chi connectivity index (χ1n) is 4.39. The number of likely N-dealkylation sites (N-methyl/N-ethyl adjacent to an activating group) is 1. The molecule has 0 aromatic carbocycles. The van der Waals surface area contributed by atoms with Gasteiger partial charge in [0.05, 0.1) is 0 Å². The third kappa shape index (κ3) is 7.35. The topological polar surface area (TPSA) is 81.7 Å². The summed E-state index contributed by atoms with van der Waals surface area (Å²) in [4.78, 5) is 21.3. The zero-order chi connectivity index (χ0) is 11.1. The monoisotopic (exact) mass is 203 g/mol. The summed E-state index contributed by atoms with van der Waals surface area (Å²) in [5, 5.41) is 12.2. The fourth-order valence-corrected chi connectivity index (χ4v) is 0.752. The van der Waals surface area contributed by atoms with E-state index in [4.69, 9.17) is 5.11 Å². The van der Waals surface area contributed by atoms with Crippen LogP contribution in [0.15, 0.2) is 0 Å². The Balaban J connectivity index is 3.66. The highest BCUT2D eigenvalue weighted by Crippen LogP contribution is 1.86. The molecule has 0 aliphatic heterocycles. The molecule has 0 aliphatic rings. The van der Waals surface area contributed by atoms with Gasteiger partial charge in [-0.05, 0) is 5.92 Å². The number of rotatable bonds is 5. The molecule has 0 aliphatic carbocycles. The van der Waals surface area contributed by atoms with Crippen molar-refractivity contribution in [1.82, 2.24) is 15.8 Å². The van der Waals surface area contributed by atoms with Crippen LogP contribution >= 0.6 is 0 Å². The maximum atomic E-state index is 11.1. The molecule has 0 aromatic rings. The molecule has 0 unspecified atom stereocenters. The van der Waals surface area contributed by atoms with Crippen molar-refractivity contribution in [3.05, 3.63) is 0 Å². The van der Waals surface area contributed by atoms with E-state index in [9.17, 15) is 9.59 Å². The van der Waals surface area contributed by atoms with Gasteiger partial charge in [0.25, 0.3) is 0 Å². The first kappa shape index (κ1) is 12.7. The summed E-state index contributed by atoms with van der Waals surface area (Å²) < 4.78 is 0. The smallest absolute Gasteiger partial charge is 0.329 e. The van der Waals surface area contributed by atoms with E-state index in [-0.39, 0.29) is 12.6 Å². The van der Waals surface area contributed by atoms with E-state index in [0.29, 0.717) is 12.5 Å². The highest BCUT2D eigenvalue weighted by atomic mass is 16.4. The Morgan fingerprint density at radius 1 is 1.43 bits per heavy atom. The molecular weight excluding hydrogens is 186 g/mol. The van der Waals surface area contributed by atoms with Crippen molar-refractivity contribution in [3.8, 4) is 0 Å². The van der Waals surface area contributed by atoms with Gasteiger partial charge in [-0.3, -0.25) is 10.2 Å². The minimum Gasteiger partial charge on any atom is -0.480 e. The number of carboxylic acids is 1. The van der Waals surface area contributed by atoms with Crippen molar-refractivity contribution < 1.29 is 14.7 Å². The molecular formula is C8H17N3O3. The van der Waals surface area contributed by atoms with Crippen LogP contribution < -0.4 is 10.7 Å². The minimum atomic E-state index is -0.989. The van der Waals surface area contributed by atoms with Crippen molar-refractivity contribution in [2.24, 2.45) is 5.92 Å². The number of carboxylic acid groups (broad SMARTS) is 1. The number of hydrogen-bond donors (Lipinski definition) is 3. The molecule has 2 amide bonds. The Labute approximate surface area is 83.2 Å². The summed E-state index contributed by atoms with van der Waals surface area (Å²) in [6.07, 6.45) is 0. The van der Waals surface area contributed by atoms with Crippen molar-refractivity contribution in [2.45, 2.75) is 13.8 Å². The van der Waals surface area contributed by atoms with Gasteiger partial charge in [-0.1, -0.05) is 13.8 Å². The summed E-state index contributed by atoms with van der Waals surface area (Å²) in [5.41, 5.74) is 2.37. The molecule has 0 rings (SSSR count). The van der Waals surface area contributed by atoms with Crippen LogP contribution in [0.1, 0.15) is 13.8 Å². The fraction of sp³-hybridized carbons (Fsp3) is 0.750. The minimum absolute atomic E-state index is 0.227. The van der Waals surface area contributed by atoms with Crippen LogP contribution in [-0.4, -0.2) is 42.3 Å². The van der Waals surface area contributed by atoms with E-state index in [1.807, 2.05) is 13.8 Å². The molecule has 82 valence electrons. The van der Waals surface area contributed by atoms with E-state index in [2.05, 4.69) is 10.7 Å². The molecule has 3 N–H and O–H groups in total. The van der Waals surface area contributed by atoms with Crippen LogP contribution in [0.25, 0.3) is 0 Å². The molecule has 0 spiro atoms. The van der Waals surface area contributed by atoms with Crippen molar-refractivity contribution in [3.63, 3.8) is 0 Å². The van der Waals surface area contributed by atoms with E-state index in [1.54, 1.807) is 0 Å². The van der Waals surface area contributed by atoms with Gasteiger partial charge in [-0.25, -0.2) is 9.80 Å². The van der Waals surface area contributed by atoms with Gasteiger partial charge >= 0.3 is 12.0 Å². The number of urea groups is 1. The Hall–Kier alpha value is -1.30. The molecule has 0 radical (unpaired) electrons. The molecule has 14 heavy (non-hydrogen) atoms. The van der Waals surface area contributed by atoms with Crippen molar-refractivity contribution in [1.29, 1.82) is 0 Å². The van der Waals surface area contributed by atoms with Gasteiger partial charge in [0.1, 0.15) is 6.54 Å². The Bertz CT molecular complexity index is 206. The first-order chi connectivity index (χ1) is 6.41. The quantitative estimate of drug-likeness (QED) is 0.544. The maximum absolute atomic E-state index is 11.1. The number of nitrogens with one attached hydrogen (secondary N) is 2. The Morgan fingerprint density at radius 3 is 2.43 bits per heavy atom. The summed E-state index contributed by atoms with van der Waals surface area (Å²) >= 11 is 0. The van der Waals surface area contributed by atoms with Crippen LogP contribution in [0.4, 0.5) is 4.79 Å². The first-order valence-corrected chi connectivity index (χ1v) is 4.39. The normalized spacial score (nSPS) is 10.4. The number of carbonyl (C=O) groups is 2. The number of aliphatic carboxylic acids is 1. The average Bonchev–Trinajstić information content (AvgIpc) is 1.98. The van der Waals surface area contributed by atoms with Crippen LogP contribution in [-0.2, 0) is 4.79 Å². The third-order valence-electron chi connectivity index (χ3n) is 1.34. The zero-order valence-corrected chi connectivity index (χ0v) is 8.70. The summed E-state index contributed by atoms with van der Waals surface area (Å²) in [5.74, 6) is -0.623. The second kappa shape index (κ2) is 6.20. The SMILES string of the molecule is CC(C)CNC(=O)NN(C)CC(=O)O. The highest BCUT2D eigenvalue weighted by molar-refractivity contribution is 5.74. The molecule has 0 atom stereocenters. The third-order valence-corrected chi connectivity index (χ3v) is 1.34. The second-order valence-electron chi connectivity index (χ2n) is 3.47. The molecule has 0 heterocycles. The molecule has 0 bridgehead atoms. The molecule has 6 heteroatoms. The highest BCUT2D eigenvalue weighted by Gasteiger charge is 2.07. The largest absolute Gasteiger partial charge is 0.480 e. The number of hydrogen-bond acceptors (Lipinski definition) is 3. The standard InChI is InChI=1S/C8H17N3O3/c1-6(2)4-9-8(14)10-11(3)5-7(12)13/h6H,4-5H2,1-3H3,(H,12,13)(H2,9,10,14). The van der Waals surface area contributed by atoms with Crippen LogP contribution in [0.5, 0.6) is 0 Å². The van der Waals surface area contributed by atoms with Gasteiger partial charge in [0, 0.05) is 13.6 Å². The van der Waals surface area contributed by atoms with Gasteiger partial charge in [0.15, 0.2) is 0 Å². The lowest BCUT2D eigenvalue weighted by Gasteiger charge is -2.16. The predicted molar refractivity (Wildman–Crippen MR) is 51.6 cm³/mol. The molecule has 0 fully saturated rings. The number of amides is 2. The summed E-state index contributed by atoms with van der Waals surface area (Å²) in [6, 6.07) is -0.387. The lowest BCUT2D eigenvalue weighted by atomic mass is 10.2. The lowest BCUT2D eigenvalue weighted by molar-refractivity contribution is -0.138. The summed E-state index contributed by atoms with van der Waals surface area (Å²) in [7, 11) is 1.49. The van der Waals surface area contributed by atoms with Crippen LogP contribution in [0.2, 0.25) is 0 Å². The van der Waals surface area contributed by atoms with Gasteiger partial charge < -0.3 is 10.4 Å². The van der Waals surface area contributed by atoms with Crippen molar-refractivity contribution in [2.75, 3.05) is 20.1 Å². The maximum Gasteiger partial charge on any atom is 0.329 e. The summed E-state index contributed by atoms with van der Waals surface area (Å²) in [6.45, 7) is 4.28. The predicted octanol–water partition coefficient (Wildman–Crippen LogP) is -0.127. The van der Waals surface area contributed by atoms with E-state index < -0.39 is 5.97 Å². The van der Waals surface area contributed by atoms with E-state index in [1.165, 1.54) is 12.1 Å². The lowest BCUT2D eigenvalue weighted by Crippen LogP contribution is -2.47. The molecule has 0 saturated heterocycles. The zero-order valence-electron chi connectivity index (χ0n) is 8.70. The van der Waals surface area contributed by atoms with E-state index in [0.717, 1.165) is 0 Å². The number of nitrogens with zero attached hydrogens (tertiary/aromatic N) is 1. The Kier molecular flexibility index (Phi) is 5.62. The van der Waals surface area contributed by atoms with Crippen LogP contribution in [0.3, 0.4) is 0 Å². The number of carbonyl (C=O) groups excluding carboxylic acids is 1. The molecule has 0 aromatic heterocycles. The van der Waals surface area contributed by atoms with Gasteiger partial charge in [-0.15, -0.1) is 0 Å². The van der Waals surface area contributed by atoms with Crippen LogP contribution in [0, 0.1) is 5.92 Å². The average molecular weight is 203 g/mol. The van der Waals surface area contributed by atoms with Gasteiger partial charge in [0.2, 0.25) is 0 Å². The second-order valence-corrected chi connectivity index (χ2v) is 3.47. The molecule has 0 saturated carbocycles. The van der Waals surface area contributed by atoms with Crippen molar-refractivity contribution >= 4 is 12.0 Å². The molecule has 6 nitrogen and oxygen atoms in total. The van der Waals surface area contributed by atoms with E-state index >= 15 is 0 Å².